The molecule has 1 N–H and O–H groups in total. The largest absolute Gasteiger partial charge is 0.495 e. The number of ether oxygens (including phenoxy) is 2. The lowest BCUT2D eigenvalue weighted by atomic mass is 10.1. The smallest absolute Gasteiger partial charge is 0.253 e. The summed E-state index contributed by atoms with van der Waals surface area (Å²) in [7, 11) is 1.62. The fourth-order valence-electron chi connectivity index (χ4n) is 3.50. The number of fused-ring (bicyclic) bond motifs is 1. The Labute approximate surface area is 152 Å². The monoisotopic (exact) mass is 354 g/mol. The Bertz CT molecular complexity index is 832. The van der Waals surface area contributed by atoms with Crippen LogP contribution in [0, 0.1) is 6.92 Å². The summed E-state index contributed by atoms with van der Waals surface area (Å²) in [4.78, 5) is 22.9. The number of carbonyl (C=O) groups excluding carboxylic acids is 1. The summed E-state index contributed by atoms with van der Waals surface area (Å²) in [6, 6.07) is 3.81. The molecule has 1 saturated heterocycles. The Balaban J connectivity index is 1.41. The van der Waals surface area contributed by atoms with Crippen molar-refractivity contribution < 1.29 is 14.3 Å². The van der Waals surface area contributed by atoms with Gasteiger partial charge in [-0.3, -0.25) is 9.78 Å². The minimum atomic E-state index is -0.0267. The molecule has 4 rings (SSSR count). The lowest BCUT2D eigenvalue weighted by molar-refractivity contribution is 0.0965. The first kappa shape index (κ1) is 16.6. The topological polar surface area (TPSA) is 76.6 Å². The fraction of sp³-hybridized carbons (Fsp3) is 0.421. The number of piperidine rings is 1. The van der Waals surface area contributed by atoms with Crippen LogP contribution in [-0.4, -0.2) is 42.2 Å². The van der Waals surface area contributed by atoms with E-state index in [1.54, 1.807) is 19.5 Å². The average Bonchev–Trinajstić information content (AvgIpc) is 3.02. The molecule has 0 radical (unpaired) electrons. The van der Waals surface area contributed by atoms with Crippen molar-refractivity contribution in [3.63, 3.8) is 0 Å². The van der Waals surface area contributed by atoms with E-state index in [0.29, 0.717) is 17.9 Å². The van der Waals surface area contributed by atoms with Gasteiger partial charge in [-0.25, -0.2) is 4.98 Å². The molecule has 26 heavy (non-hydrogen) atoms. The van der Waals surface area contributed by atoms with E-state index < -0.39 is 0 Å². The van der Waals surface area contributed by atoms with Crippen molar-refractivity contribution in [1.29, 1.82) is 0 Å². The number of hydrogen-bond donors (Lipinski definition) is 1. The second kappa shape index (κ2) is 6.82. The van der Waals surface area contributed by atoms with Crippen LogP contribution >= 0.6 is 0 Å². The summed E-state index contributed by atoms with van der Waals surface area (Å²) in [6.45, 7) is 4.27. The van der Waals surface area contributed by atoms with Gasteiger partial charge in [0.15, 0.2) is 0 Å². The molecule has 0 unspecified atom stereocenters. The molecule has 2 aliphatic rings. The van der Waals surface area contributed by atoms with Gasteiger partial charge >= 0.3 is 0 Å². The highest BCUT2D eigenvalue weighted by atomic mass is 16.5. The summed E-state index contributed by atoms with van der Waals surface area (Å²) in [5.74, 6) is 2.38. The van der Waals surface area contributed by atoms with Gasteiger partial charge in [-0.1, -0.05) is 0 Å². The number of aromatic nitrogens is 2. The van der Waals surface area contributed by atoms with Crippen LogP contribution in [-0.2, 0) is 6.54 Å². The number of hydrogen-bond acceptors (Lipinski definition) is 6. The van der Waals surface area contributed by atoms with Gasteiger partial charge in [-0.15, -0.1) is 0 Å². The quantitative estimate of drug-likeness (QED) is 0.906. The second-order valence-corrected chi connectivity index (χ2v) is 6.67. The van der Waals surface area contributed by atoms with E-state index in [9.17, 15) is 4.79 Å². The maximum absolute atomic E-state index is 11.8. The zero-order valence-electron chi connectivity index (χ0n) is 15.0. The molecule has 7 heteroatoms. The first-order chi connectivity index (χ1) is 12.6. The Morgan fingerprint density at radius 3 is 2.73 bits per heavy atom. The van der Waals surface area contributed by atoms with Crippen molar-refractivity contribution >= 4 is 11.7 Å². The molecule has 136 valence electrons. The lowest BCUT2D eigenvalue weighted by Gasteiger charge is -2.33. The average molecular weight is 354 g/mol. The normalized spacial score (nSPS) is 17.0. The molecule has 0 aliphatic carbocycles. The molecule has 1 amide bonds. The summed E-state index contributed by atoms with van der Waals surface area (Å²) >= 11 is 0. The molecule has 7 nitrogen and oxygen atoms in total. The Morgan fingerprint density at radius 1 is 1.19 bits per heavy atom. The van der Waals surface area contributed by atoms with E-state index in [1.165, 1.54) is 0 Å². The zero-order valence-corrected chi connectivity index (χ0v) is 15.0. The number of anilines is 1. The third-order valence-electron chi connectivity index (χ3n) is 4.89. The highest BCUT2D eigenvalue weighted by Crippen LogP contribution is 2.28. The van der Waals surface area contributed by atoms with Gasteiger partial charge in [0, 0.05) is 32.0 Å². The number of rotatable bonds is 4. The van der Waals surface area contributed by atoms with Gasteiger partial charge in [0.1, 0.15) is 23.4 Å². The van der Waals surface area contributed by atoms with Crippen molar-refractivity contribution in [3.05, 3.63) is 41.3 Å². The van der Waals surface area contributed by atoms with E-state index in [2.05, 4.69) is 15.2 Å². The third kappa shape index (κ3) is 3.16. The molecule has 1 fully saturated rings. The first-order valence-corrected chi connectivity index (χ1v) is 8.83. The Morgan fingerprint density at radius 2 is 1.96 bits per heavy atom. The molecule has 0 saturated carbocycles. The highest BCUT2D eigenvalue weighted by Gasteiger charge is 2.26. The molecule has 0 spiro atoms. The predicted octanol–water partition coefficient (Wildman–Crippen LogP) is 2.08. The number of nitrogens with one attached hydrogen (secondary N) is 1. The van der Waals surface area contributed by atoms with Crippen molar-refractivity contribution in [1.82, 2.24) is 15.3 Å². The molecule has 2 aromatic rings. The van der Waals surface area contributed by atoms with Crippen LogP contribution in [0.25, 0.3) is 0 Å². The highest BCUT2D eigenvalue weighted by molar-refractivity contribution is 5.98. The van der Waals surface area contributed by atoms with Gasteiger partial charge in [0.25, 0.3) is 5.91 Å². The van der Waals surface area contributed by atoms with E-state index in [0.717, 1.165) is 48.8 Å². The number of nitrogens with zero attached hydrogens (tertiary/aromatic N) is 3. The van der Waals surface area contributed by atoms with Crippen LogP contribution in [0.1, 0.15) is 34.5 Å². The summed E-state index contributed by atoms with van der Waals surface area (Å²) in [5.41, 5.74) is 2.59. The summed E-state index contributed by atoms with van der Waals surface area (Å²) in [5, 5.41) is 2.83. The minimum Gasteiger partial charge on any atom is -0.495 e. The van der Waals surface area contributed by atoms with E-state index >= 15 is 0 Å². The van der Waals surface area contributed by atoms with Crippen molar-refractivity contribution in [2.75, 3.05) is 25.1 Å². The van der Waals surface area contributed by atoms with E-state index in [1.807, 2.05) is 19.1 Å². The SMILES string of the molecule is COc1cncc(OC2CCN(c3nc4c(cc3C)C(=O)NC4)CC2)c1. The second-order valence-electron chi connectivity index (χ2n) is 6.67. The summed E-state index contributed by atoms with van der Waals surface area (Å²) < 4.78 is 11.2. The number of pyridine rings is 2. The van der Waals surface area contributed by atoms with Gasteiger partial charge in [-0.05, 0) is 18.6 Å². The predicted molar refractivity (Wildman–Crippen MR) is 96.8 cm³/mol. The first-order valence-electron chi connectivity index (χ1n) is 8.83. The van der Waals surface area contributed by atoms with Crippen molar-refractivity contribution in [3.8, 4) is 11.5 Å². The minimum absolute atomic E-state index is 0.0267. The number of carbonyl (C=O) groups is 1. The fourth-order valence-corrected chi connectivity index (χ4v) is 3.50. The van der Waals surface area contributed by atoms with Crippen LogP contribution in [0.2, 0.25) is 0 Å². The van der Waals surface area contributed by atoms with E-state index in [4.69, 9.17) is 14.5 Å². The van der Waals surface area contributed by atoms with Crippen LogP contribution in [0.3, 0.4) is 0 Å². The van der Waals surface area contributed by atoms with Gasteiger partial charge in [-0.2, -0.15) is 0 Å². The lowest BCUT2D eigenvalue weighted by Crippen LogP contribution is -2.39. The molecule has 0 aromatic carbocycles. The van der Waals surface area contributed by atoms with Gasteiger partial charge < -0.3 is 19.7 Å². The Hall–Kier alpha value is -2.83. The summed E-state index contributed by atoms with van der Waals surface area (Å²) in [6.07, 6.45) is 5.35. The molecule has 2 aliphatic heterocycles. The van der Waals surface area contributed by atoms with Crippen LogP contribution in [0.15, 0.2) is 24.5 Å². The van der Waals surface area contributed by atoms with Crippen molar-refractivity contribution in [2.24, 2.45) is 0 Å². The van der Waals surface area contributed by atoms with Gasteiger partial charge in [0.2, 0.25) is 0 Å². The molecular weight excluding hydrogens is 332 g/mol. The van der Waals surface area contributed by atoms with Crippen LogP contribution < -0.4 is 19.7 Å². The van der Waals surface area contributed by atoms with Gasteiger partial charge in [0.05, 0.1) is 37.3 Å². The molecule has 0 bridgehead atoms. The third-order valence-corrected chi connectivity index (χ3v) is 4.89. The van der Waals surface area contributed by atoms with Crippen LogP contribution in [0.4, 0.5) is 5.82 Å². The van der Waals surface area contributed by atoms with Crippen molar-refractivity contribution in [2.45, 2.75) is 32.4 Å². The standard InChI is InChI=1S/C19H22N4O3/c1-12-7-16-17(11-21-19(16)24)22-18(12)23-5-3-13(4-6-23)26-15-8-14(25-2)9-20-10-15/h7-10,13H,3-6,11H2,1-2H3,(H,21,24). The maximum atomic E-state index is 11.8. The van der Waals surface area contributed by atoms with Crippen LogP contribution in [0.5, 0.6) is 11.5 Å². The molecule has 4 heterocycles. The van der Waals surface area contributed by atoms with E-state index in [-0.39, 0.29) is 12.0 Å². The number of methoxy groups -OCH3 is 1. The maximum Gasteiger partial charge on any atom is 0.253 e. The molecule has 2 aromatic heterocycles. The number of amides is 1. The zero-order chi connectivity index (χ0) is 18.1. The molecule has 0 atom stereocenters. The molecular formula is C19H22N4O3. The number of aryl methyl sites for hydroxylation is 1. The Kier molecular flexibility index (Phi) is 4.36.